The lowest BCUT2D eigenvalue weighted by atomic mass is 10.1. The van der Waals surface area contributed by atoms with Crippen LogP contribution in [-0.2, 0) is 17.8 Å². The number of amides is 1. The van der Waals surface area contributed by atoms with Crippen molar-refractivity contribution < 1.29 is 9.53 Å². The van der Waals surface area contributed by atoms with Gasteiger partial charge in [0.2, 0.25) is 0 Å². The third-order valence-corrected chi connectivity index (χ3v) is 3.12. The summed E-state index contributed by atoms with van der Waals surface area (Å²) in [4.78, 5) is 15.5. The SMILES string of the molecule is O=C(NCCCCc1ccncc1)OCc1ccccc1. The Hall–Kier alpha value is -2.36. The average Bonchev–Trinajstić information content (AvgIpc) is 2.54. The largest absolute Gasteiger partial charge is 0.445 e. The maximum atomic E-state index is 11.5. The fourth-order valence-corrected chi connectivity index (χ4v) is 1.97. The van der Waals surface area contributed by atoms with Crippen molar-refractivity contribution in [3.8, 4) is 0 Å². The fourth-order valence-electron chi connectivity index (χ4n) is 1.97. The Morgan fingerprint density at radius 3 is 2.52 bits per heavy atom. The van der Waals surface area contributed by atoms with Crippen molar-refractivity contribution >= 4 is 6.09 Å². The number of nitrogens with zero attached hydrogens (tertiary/aromatic N) is 1. The molecule has 0 aliphatic carbocycles. The molecule has 0 bridgehead atoms. The number of alkyl carbamates (subject to hydrolysis) is 1. The highest BCUT2D eigenvalue weighted by Crippen LogP contribution is 2.03. The number of carbonyl (C=O) groups excluding carboxylic acids is 1. The van der Waals surface area contributed by atoms with Crippen LogP contribution < -0.4 is 5.32 Å². The van der Waals surface area contributed by atoms with Crippen LogP contribution in [0.2, 0.25) is 0 Å². The van der Waals surface area contributed by atoms with Gasteiger partial charge in [0.25, 0.3) is 0 Å². The highest BCUT2D eigenvalue weighted by Gasteiger charge is 2.01. The zero-order valence-corrected chi connectivity index (χ0v) is 12.0. The van der Waals surface area contributed by atoms with E-state index in [0.29, 0.717) is 13.2 Å². The van der Waals surface area contributed by atoms with Gasteiger partial charge in [0.15, 0.2) is 0 Å². The molecule has 0 spiro atoms. The zero-order valence-electron chi connectivity index (χ0n) is 12.0. The molecule has 1 aromatic heterocycles. The Morgan fingerprint density at radius 1 is 1.00 bits per heavy atom. The van der Waals surface area contributed by atoms with Gasteiger partial charge in [-0.25, -0.2) is 4.79 Å². The summed E-state index contributed by atoms with van der Waals surface area (Å²) in [5.74, 6) is 0. The van der Waals surface area contributed by atoms with Gasteiger partial charge < -0.3 is 10.1 Å². The first-order chi connectivity index (χ1) is 10.3. The molecule has 4 heteroatoms. The summed E-state index contributed by atoms with van der Waals surface area (Å²) in [6, 6.07) is 13.7. The summed E-state index contributed by atoms with van der Waals surface area (Å²) in [6.45, 7) is 0.947. The van der Waals surface area contributed by atoms with Crippen LogP contribution in [0.3, 0.4) is 0 Å². The smallest absolute Gasteiger partial charge is 0.407 e. The predicted octanol–water partition coefficient (Wildman–Crippen LogP) is 3.33. The van der Waals surface area contributed by atoms with Crippen molar-refractivity contribution in [3.63, 3.8) is 0 Å². The highest BCUT2D eigenvalue weighted by atomic mass is 16.5. The minimum Gasteiger partial charge on any atom is -0.445 e. The van der Waals surface area contributed by atoms with E-state index in [2.05, 4.69) is 10.3 Å². The van der Waals surface area contributed by atoms with E-state index in [4.69, 9.17) is 4.74 Å². The average molecular weight is 284 g/mol. The number of rotatable bonds is 7. The first-order valence-corrected chi connectivity index (χ1v) is 7.18. The van der Waals surface area contributed by atoms with Crippen LogP contribution in [0.5, 0.6) is 0 Å². The van der Waals surface area contributed by atoms with Crippen LogP contribution in [0.15, 0.2) is 54.9 Å². The minimum absolute atomic E-state index is 0.309. The molecule has 1 aromatic carbocycles. The normalized spacial score (nSPS) is 10.1. The van der Waals surface area contributed by atoms with Gasteiger partial charge >= 0.3 is 6.09 Å². The lowest BCUT2D eigenvalue weighted by Crippen LogP contribution is -2.25. The summed E-state index contributed by atoms with van der Waals surface area (Å²) >= 11 is 0. The van der Waals surface area contributed by atoms with Crippen molar-refractivity contribution in [1.82, 2.24) is 10.3 Å². The van der Waals surface area contributed by atoms with Crippen LogP contribution in [0.4, 0.5) is 4.79 Å². The van der Waals surface area contributed by atoms with Gasteiger partial charge in [-0.2, -0.15) is 0 Å². The van der Waals surface area contributed by atoms with E-state index in [9.17, 15) is 4.79 Å². The van der Waals surface area contributed by atoms with E-state index in [0.717, 1.165) is 24.8 Å². The Kier molecular flexibility index (Phi) is 6.26. The lowest BCUT2D eigenvalue weighted by Gasteiger charge is -2.07. The van der Waals surface area contributed by atoms with Crippen LogP contribution in [0.25, 0.3) is 0 Å². The molecule has 110 valence electrons. The molecule has 4 nitrogen and oxygen atoms in total. The number of carbonyl (C=O) groups is 1. The first kappa shape index (κ1) is 15.0. The molecule has 1 amide bonds. The number of ether oxygens (including phenoxy) is 1. The van der Waals surface area contributed by atoms with E-state index < -0.39 is 0 Å². The highest BCUT2D eigenvalue weighted by molar-refractivity contribution is 5.67. The van der Waals surface area contributed by atoms with E-state index in [1.165, 1.54) is 5.56 Å². The van der Waals surface area contributed by atoms with Crippen LogP contribution in [0.1, 0.15) is 24.0 Å². The number of aromatic nitrogens is 1. The minimum atomic E-state index is -0.359. The third-order valence-electron chi connectivity index (χ3n) is 3.12. The lowest BCUT2D eigenvalue weighted by molar-refractivity contribution is 0.139. The second-order valence-electron chi connectivity index (χ2n) is 4.80. The fraction of sp³-hybridized carbons (Fsp3) is 0.294. The number of benzene rings is 1. The van der Waals surface area contributed by atoms with Crippen molar-refractivity contribution in [2.45, 2.75) is 25.9 Å². The molecule has 0 saturated heterocycles. The molecule has 0 unspecified atom stereocenters. The summed E-state index contributed by atoms with van der Waals surface area (Å²) < 4.78 is 5.13. The number of hydrogen-bond donors (Lipinski definition) is 1. The number of aryl methyl sites for hydroxylation is 1. The second kappa shape index (κ2) is 8.74. The summed E-state index contributed by atoms with van der Waals surface area (Å²) in [5.41, 5.74) is 2.27. The number of nitrogens with one attached hydrogen (secondary N) is 1. The molecule has 0 radical (unpaired) electrons. The molecule has 1 heterocycles. The molecule has 0 aliphatic heterocycles. The van der Waals surface area contributed by atoms with Gasteiger partial charge in [-0.15, -0.1) is 0 Å². The molecular weight excluding hydrogens is 264 g/mol. The molecule has 0 fully saturated rings. The Bertz CT molecular complexity index is 529. The van der Waals surface area contributed by atoms with Gasteiger partial charge in [0.05, 0.1) is 0 Å². The van der Waals surface area contributed by atoms with E-state index in [1.54, 1.807) is 12.4 Å². The molecule has 1 N–H and O–H groups in total. The molecule has 0 saturated carbocycles. The maximum Gasteiger partial charge on any atom is 0.407 e. The quantitative estimate of drug-likeness (QED) is 0.793. The second-order valence-corrected chi connectivity index (χ2v) is 4.80. The van der Waals surface area contributed by atoms with E-state index in [-0.39, 0.29) is 6.09 Å². The molecule has 0 aliphatic rings. The number of pyridine rings is 1. The van der Waals surface area contributed by atoms with E-state index >= 15 is 0 Å². The van der Waals surface area contributed by atoms with Crippen LogP contribution in [-0.4, -0.2) is 17.6 Å². The maximum absolute atomic E-state index is 11.5. The van der Waals surface area contributed by atoms with Gasteiger partial charge in [0, 0.05) is 18.9 Å². The molecular formula is C17H20N2O2. The van der Waals surface area contributed by atoms with Gasteiger partial charge in [0.1, 0.15) is 6.61 Å². The van der Waals surface area contributed by atoms with Gasteiger partial charge in [-0.05, 0) is 42.5 Å². The van der Waals surface area contributed by atoms with Crippen LogP contribution >= 0.6 is 0 Å². The Balaban J connectivity index is 1.53. The topological polar surface area (TPSA) is 51.2 Å². The Morgan fingerprint density at radius 2 is 1.76 bits per heavy atom. The number of unbranched alkanes of at least 4 members (excludes halogenated alkanes) is 1. The van der Waals surface area contributed by atoms with Crippen molar-refractivity contribution in [2.24, 2.45) is 0 Å². The molecule has 21 heavy (non-hydrogen) atoms. The van der Waals surface area contributed by atoms with Crippen molar-refractivity contribution in [1.29, 1.82) is 0 Å². The van der Waals surface area contributed by atoms with Crippen molar-refractivity contribution in [3.05, 3.63) is 66.0 Å². The molecule has 0 atom stereocenters. The first-order valence-electron chi connectivity index (χ1n) is 7.18. The molecule has 2 aromatic rings. The summed E-state index contributed by atoms with van der Waals surface area (Å²) in [7, 11) is 0. The monoisotopic (exact) mass is 284 g/mol. The predicted molar refractivity (Wildman–Crippen MR) is 81.8 cm³/mol. The molecule has 2 rings (SSSR count). The number of hydrogen-bond acceptors (Lipinski definition) is 3. The third kappa shape index (κ3) is 6.08. The van der Waals surface area contributed by atoms with Gasteiger partial charge in [-0.1, -0.05) is 30.3 Å². The standard InChI is InChI=1S/C17H20N2O2/c20-17(21-14-16-7-2-1-3-8-16)19-11-5-4-6-15-9-12-18-13-10-15/h1-3,7-10,12-13H,4-6,11,14H2,(H,19,20). The Labute approximate surface area is 125 Å². The van der Waals surface area contributed by atoms with Crippen molar-refractivity contribution in [2.75, 3.05) is 6.54 Å². The van der Waals surface area contributed by atoms with Gasteiger partial charge in [-0.3, -0.25) is 4.98 Å². The zero-order chi connectivity index (χ0) is 14.8. The summed E-state index contributed by atoms with van der Waals surface area (Å²) in [6.07, 6.45) is 6.21. The summed E-state index contributed by atoms with van der Waals surface area (Å²) in [5, 5.41) is 2.77. The van der Waals surface area contributed by atoms with Crippen LogP contribution in [0, 0.1) is 0 Å². The van der Waals surface area contributed by atoms with E-state index in [1.807, 2.05) is 42.5 Å².